The molecule has 1 aliphatic carbocycles. The van der Waals surface area contributed by atoms with E-state index in [9.17, 15) is 9.18 Å². The lowest BCUT2D eigenvalue weighted by Crippen LogP contribution is -2.29. The second-order valence-corrected chi connectivity index (χ2v) is 10.0. The van der Waals surface area contributed by atoms with Gasteiger partial charge in [0, 0.05) is 24.7 Å². The first-order chi connectivity index (χ1) is 16.2. The fourth-order valence-electron chi connectivity index (χ4n) is 4.37. The van der Waals surface area contributed by atoms with Gasteiger partial charge in [-0.3, -0.25) is 9.20 Å². The molecule has 3 aromatic heterocycles. The summed E-state index contributed by atoms with van der Waals surface area (Å²) >= 11 is 6.30. The highest BCUT2D eigenvalue weighted by Gasteiger charge is 2.25. The average molecular weight is 488 g/mol. The van der Waals surface area contributed by atoms with Gasteiger partial charge < -0.3 is 10.1 Å². The molecule has 0 bridgehead atoms. The smallest absolute Gasteiger partial charge is 0.306 e. The lowest BCUT2D eigenvalue weighted by Gasteiger charge is -2.30. The van der Waals surface area contributed by atoms with E-state index in [0.29, 0.717) is 40.5 Å². The summed E-state index contributed by atoms with van der Waals surface area (Å²) in [5.41, 5.74) is 0.755. The zero-order chi connectivity index (χ0) is 24.3. The van der Waals surface area contributed by atoms with Gasteiger partial charge in [-0.1, -0.05) is 31.4 Å². The maximum Gasteiger partial charge on any atom is 0.306 e. The number of anilines is 1. The highest BCUT2D eigenvalue weighted by atomic mass is 35.5. The van der Waals surface area contributed by atoms with E-state index in [4.69, 9.17) is 16.3 Å². The van der Waals surface area contributed by atoms with Crippen molar-refractivity contribution >= 4 is 29.0 Å². The molecule has 4 rings (SSSR count). The van der Waals surface area contributed by atoms with E-state index in [1.54, 1.807) is 22.7 Å². The van der Waals surface area contributed by atoms with Crippen molar-refractivity contribution in [1.29, 1.82) is 0 Å². The predicted molar refractivity (Wildman–Crippen MR) is 130 cm³/mol. The van der Waals surface area contributed by atoms with E-state index in [1.165, 1.54) is 12.3 Å². The topological polar surface area (TPSA) is 81.4 Å². The van der Waals surface area contributed by atoms with E-state index in [-0.39, 0.29) is 17.8 Å². The molecule has 34 heavy (non-hydrogen) atoms. The summed E-state index contributed by atoms with van der Waals surface area (Å²) in [5.74, 6) is 0.945. The van der Waals surface area contributed by atoms with Crippen LogP contribution in [0.25, 0.3) is 17.2 Å². The molecule has 1 saturated carbocycles. The molecule has 0 aliphatic heterocycles. The number of hydrogen-bond donors (Lipinski definition) is 1. The summed E-state index contributed by atoms with van der Waals surface area (Å²) in [6, 6.07) is 4.88. The second kappa shape index (κ2) is 10.3. The lowest BCUT2D eigenvalue weighted by atomic mass is 9.83. The molecule has 0 spiro atoms. The van der Waals surface area contributed by atoms with Crippen LogP contribution in [0.3, 0.4) is 0 Å². The molecule has 2 unspecified atom stereocenters. The minimum atomic E-state index is -0.412. The maximum absolute atomic E-state index is 13.8. The minimum Gasteiger partial charge on any atom is -0.460 e. The SMILES string of the molecule is CCC(C)(C)OC(=O)CCC1CCCC(Nc2cc(Cl)nc(-c3cnc4ccc(F)cn34)n2)C1. The van der Waals surface area contributed by atoms with Crippen molar-refractivity contribution in [2.75, 3.05) is 5.32 Å². The van der Waals surface area contributed by atoms with Crippen molar-refractivity contribution in [1.82, 2.24) is 19.4 Å². The van der Waals surface area contributed by atoms with Crippen LogP contribution in [-0.2, 0) is 9.53 Å². The molecule has 3 aromatic rings. The molecule has 0 radical (unpaired) electrons. The van der Waals surface area contributed by atoms with Gasteiger partial charge in [-0.15, -0.1) is 0 Å². The quantitative estimate of drug-likeness (QED) is 0.307. The van der Waals surface area contributed by atoms with E-state index in [2.05, 4.69) is 20.3 Å². The van der Waals surface area contributed by atoms with Gasteiger partial charge in [-0.25, -0.2) is 19.3 Å². The number of esters is 1. The second-order valence-electron chi connectivity index (χ2n) is 9.62. The Morgan fingerprint density at radius 2 is 2.15 bits per heavy atom. The third kappa shape index (κ3) is 6.03. The fraction of sp³-hybridized carbons (Fsp3) is 0.520. The molecule has 2 atom stereocenters. The number of ether oxygens (including phenoxy) is 1. The lowest BCUT2D eigenvalue weighted by molar-refractivity contribution is -0.157. The Labute approximate surface area is 204 Å². The Morgan fingerprint density at radius 1 is 1.32 bits per heavy atom. The average Bonchev–Trinajstić information content (AvgIpc) is 3.20. The summed E-state index contributed by atoms with van der Waals surface area (Å²) in [7, 11) is 0. The van der Waals surface area contributed by atoms with Crippen LogP contribution in [0.1, 0.15) is 65.7 Å². The van der Waals surface area contributed by atoms with Crippen molar-refractivity contribution in [3.63, 3.8) is 0 Å². The van der Waals surface area contributed by atoms with E-state index >= 15 is 0 Å². The van der Waals surface area contributed by atoms with Crippen molar-refractivity contribution in [2.24, 2.45) is 5.92 Å². The van der Waals surface area contributed by atoms with Crippen LogP contribution in [-0.4, -0.2) is 37.0 Å². The summed E-state index contributed by atoms with van der Waals surface area (Å²) in [6.45, 7) is 5.90. The molecule has 0 aromatic carbocycles. The van der Waals surface area contributed by atoms with Crippen LogP contribution in [0.4, 0.5) is 10.2 Å². The molecule has 0 amide bonds. The molecule has 182 valence electrons. The Balaban J connectivity index is 1.41. The minimum absolute atomic E-state index is 0.126. The number of halogens is 2. The third-order valence-corrected chi connectivity index (χ3v) is 6.72. The normalized spacial score (nSPS) is 18.7. The summed E-state index contributed by atoms with van der Waals surface area (Å²) in [6.07, 6.45) is 9.16. The number of pyridine rings is 1. The predicted octanol–water partition coefficient (Wildman–Crippen LogP) is 6.07. The van der Waals surface area contributed by atoms with Crippen molar-refractivity contribution in [3.8, 4) is 11.5 Å². The van der Waals surface area contributed by atoms with E-state index in [0.717, 1.165) is 38.5 Å². The molecular formula is C25H31ClFN5O2. The number of aromatic nitrogens is 4. The molecule has 1 fully saturated rings. The van der Waals surface area contributed by atoms with Crippen LogP contribution in [0, 0.1) is 11.7 Å². The number of rotatable bonds is 8. The van der Waals surface area contributed by atoms with Gasteiger partial charge in [0.1, 0.15) is 33.7 Å². The fourth-order valence-corrected chi connectivity index (χ4v) is 4.56. The van der Waals surface area contributed by atoms with Gasteiger partial charge in [0.25, 0.3) is 0 Å². The Kier molecular flexibility index (Phi) is 7.36. The molecule has 9 heteroatoms. The van der Waals surface area contributed by atoms with Crippen LogP contribution >= 0.6 is 11.6 Å². The molecule has 0 saturated heterocycles. The van der Waals surface area contributed by atoms with Crippen LogP contribution < -0.4 is 5.32 Å². The number of imidazole rings is 1. The first-order valence-corrected chi connectivity index (χ1v) is 12.3. The van der Waals surface area contributed by atoms with Gasteiger partial charge in [-0.2, -0.15) is 0 Å². The molecular weight excluding hydrogens is 457 g/mol. The van der Waals surface area contributed by atoms with Gasteiger partial charge in [-0.05, 0) is 57.6 Å². The van der Waals surface area contributed by atoms with Crippen LogP contribution in [0.15, 0.2) is 30.6 Å². The number of carbonyl (C=O) groups excluding carboxylic acids is 1. The number of nitrogens with zero attached hydrogens (tertiary/aromatic N) is 4. The van der Waals surface area contributed by atoms with Crippen molar-refractivity contribution in [3.05, 3.63) is 41.6 Å². The first-order valence-electron chi connectivity index (χ1n) is 11.9. The summed E-state index contributed by atoms with van der Waals surface area (Å²) < 4.78 is 21.0. The van der Waals surface area contributed by atoms with Crippen molar-refractivity contribution < 1.29 is 13.9 Å². The molecule has 7 nitrogen and oxygen atoms in total. The third-order valence-electron chi connectivity index (χ3n) is 6.53. The highest BCUT2D eigenvalue weighted by Crippen LogP contribution is 2.31. The first kappa shape index (κ1) is 24.4. The molecule has 3 heterocycles. The standard InChI is InChI=1S/C25H31ClFN5O2/c1-4-25(2,3)34-23(33)11-8-16-6-5-7-18(12-16)29-21-13-20(26)30-24(31-21)19-14-28-22-10-9-17(27)15-32(19)22/h9-10,13-16,18H,4-8,11-12H2,1-3H3,(H,29,30,31). The van der Waals surface area contributed by atoms with E-state index < -0.39 is 5.60 Å². The zero-order valence-corrected chi connectivity index (χ0v) is 20.6. The highest BCUT2D eigenvalue weighted by molar-refractivity contribution is 6.29. The molecule has 1 N–H and O–H groups in total. The summed E-state index contributed by atoms with van der Waals surface area (Å²) in [5, 5.41) is 3.79. The van der Waals surface area contributed by atoms with Crippen molar-refractivity contribution in [2.45, 2.75) is 77.4 Å². The number of carbonyl (C=O) groups is 1. The van der Waals surface area contributed by atoms with Gasteiger partial charge in [0.05, 0.1) is 6.20 Å². The largest absolute Gasteiger partial charge is 0.460 e. The molecule has 1 aliphatic rings. The Morgan fingerprint density at radius 3 is 2.94 bits per heavy atom. The van der Waals surface area contributed by atoms with Gasteiger partial charge >= 0.3 is 5.97 Å². The monoisotopic (exact) mass is 487 g/mol. The maximum atomic E-state index is 13.8. The Bertz CT molecular complexity index is 1170. The van der Waals surface area contributed by atoms with E-state index in [1.807, 2.05) is 20.8 Å². The number of fused-ring (bicyclic) bond motifs is 1. The summed E-state index contributed by atoms with van der Waals surface area (Å²) in [4.78, 5) is 25.5. The van der Waals surface area contributed by atoms with Gasteiger partial charge in [0.15, 0.2) is 5.82 Å². The zero-order valence-electron chi connectivity index (χ0n) is 19.9. The number of hydrogen-bond acceptors (Lipinski definition) is 6. The number of nitrogens with one attached hydrogen (secondary N) is 1. The van der Waals surface area contributed by atoms with Gasteiger partial charge in [0.2, 0.25) is 0 Å². The Hall–Kier alpha value is -2.74. The van der Waals surface area contributed by atoms with Crippen LogP contribution in [0.5, 0.6) is 0 Å². The van der Waals surface area contributed by atoms with Crippen LogP contribution in [0.2, 0.25) is 5.15 Å².